The lowest BCUT2D eigenvalue weighted by Gasteiger charge is -2.10. The molecule has 1 aromatic heterocycles. The normalized spacial score (nSPS) is 10.4. The van der Waals surface area contributed by atoms with E-state index in [4.69, 9.17) is 11.6 Å². The molecular formula is C16H17ClN2O. The summed E-state index contributed by atoms with van der Waals surface area (Å²) in [4.78, 5) is 16.1. The van der Waals surface area contributed by atoms with Gasteiger partial charge in [-0.25, -0.2) is 4.98 Å². The van der Waals surface area contributed by atoms with Gasteiger partial charge in [-0.05, 0) is 49.1 Å². The molecule has 104 valence electrons. The zero-order valence-corrected chi connectivity index (χ0v) is 12.6. The van der Waals surface area contributed by atoms with Gasteiger partial charge in [0.05, 0.1) is 12.1 Å². The topological polar surface area (TPSA) is 42.0 Å². The molecule has 0 atom stereocenters. The molecular weight excluding hydrogens is 272 g/mol. The molecule has 0 bridgehead atoms. The molecule has 1 heterocycles. The van der Waals surface area contributed by atoms with E-state index in [1.807, 2.05) is 38.1 Å². The van der Waals surface area contributed by atoms with Gasteiger partial charge < -0.3 is 5.32 Å². The van der Waals surface area contributed by atoms with E-state index in [1.54, 1.807) is 6.20 Å². The molecule has 0 unspecified atom stereocenters. The fraction of sp³-hybridized carbons (Fsp3) is 0.250. The highest BCUT2D eigenvalue weighted by molar-refractivity contribution is 6.32. The van der Waals surface area contributed by atoms with Gasteiger partial charge in [-0.1, -0.05) is 29.8 Å². The number of nitrogens with zero attached hydrogens (tertiary/aromatic N) is 1. The number of amides is 1. The number of aryl methyl sites for hydroxylation is 3. The summed E-state index contributed by atoms with van der Waals surface area (Å²) in [5, 5.41) is 3.15. The van der Waals surface area contributed by atoms with E-state index < -0.39 is 0 Å². The van der Waals surface area contributed by atoms with Crippen LogP contribution in [0, 0.1) is 20.8 Å². The minimum absolute atomic E-state index is 0.0914. The molecule has 0 aliphatic carbocycles. The molecule has 0 aliphatic rings. The van der Waals surface area contributed by atoms with Crippen LogP contribution >= 0.6 is 11.6 Å². The van der Waals surface area contributed by atoms with Crippen molar-refractivity contribution in [1.29, 1.82) is 0 Å². The maximum atomic E-state index is 12.1. The first-order valence-corrected chi connectivity index (χ1v) is 6.82. The molecule has 20 heavy (non-hydrogen) atoms. The highest BCUT2D eigenvalue weighted by Crippen LogP contribution is 2.23. The first kappa shape index (κ1) is 14.5. The lowest BCUT2D eigenvalue weighted by atomic mass is 10.0. The Morgan fingerprint density at radius 2 is 1.90 bits per heavy atom. The summed E-state index contributed by atoms with van der Waals surface area (Å²) in [6.07, 6.45) is 1.95. The van der Waals surface area contributed by atoms with E-state index in [0.29, 0.717) is 17.3 Å². The molecule has 1 amide bonds. The summed E-state index contributed by atoms with van der Waals surface area (Å²) in [5.74, 6) is -0.0914. The predicted octanol–water partition coefficient (Wildman–Crippen LogP) is 3.84. The molecule has 1 N–H and O–H groups in total. The summed E-state index contributed by atoms with van der Waals surface area (Å²) in [6.45, 7) is 5.98. The van der Waals surface area contributed by atoms with Crippen molar-refractivity contribution in [3.8, 4) is 0 Å². The number of carbonyl (C=O) groups excluding carboxylic acids is 1. The lowest BCUT2D eigenvalue weighted by Crippen LogP contribution is -2.16. The van der Waals surface area contributed by atoms with Gasteiger partial charge in [0.1, 0.15) is 0 Å². The van der Waals surface area contributed by atoms with E-state index >= 15 is 0 Å². The first-order valence-electron chi connectivity index (χ1n) is 6.44. The third kappa shape index (κ3) is 3.36. The number of hydrogen-bond donors (Lipinski definition) is 1. The van der Waals surface area contributed by atoms with Crippen molar-refractivity contribution in [3.05, 3.63) is 57.9 Å². The number of halogens is 1. The number of anilines is 1. The first-order chi connectivity index (χ1) is 9.47. The number of aromatic nitrogens is 1. The maximum absolute atomic E-state index is 12.1. The highest BCUT2D eigenvalue weighted by Gasteiger charge is 2.10. The van der Waals surface area contributed by atoms with E-state index in [0.717, 1.165) is 11.1 Å². The Kier molecular flexibility index (Phi) is 4.40. The molecule has 0 spiro atoms. The monoisotopic (exact) mass is 288 g/mol. The van der Waals surface area contributed by atoms with Gasteiger partial charge >= 0.3 is 0 Å². The second-order valence-electron chi connectivity index (χ2n) is 4.94. The van der Waals surface area contributed by atoms with Gasteiger partial charge in [0, 0.05) is 6.20 Å². The summed E-state index contributed by atoms with van der Waals surface area (Å²) in [5.41, 5.74) is 4.89. The SMILES string of the molecule is Cc1ccc(CC(=O)Nc2c(C)ccnc2Cl)cc1C. The number of carbonyl (C=O) groups is 1. The van der Waals surface area contributed by atoms with Crippen LogP contribution in [0.1, 0.15) is 22.3 Å². The van der Waals surface area contributed by atoms with Crippen molar-refractivity contribution in [2.45, 2.75) is 27.2 Å². The third-order valence-corrected chi connectivity index (χ3v) is 3.60. The Morgan fingerprint density at radius 1 is 1.15 bits per heavy atom. The maximum Gasteiger partial charge on any atom is 0.228 e. The number of benzene rings is 1. The number of hydrogen-bond acceptors (Lipinski definition) is 2. The molecule has 4 heteroatoms. The van der Waals surface area contributed by atoms with Crippen molar-refractivity contribution >= 4 is 23.2 Å². The zero-order valence-electron chi connectivity index (χ0n) is 11.8. The standard InChI is InChI=1S/C16H17ClN2O/c1-10-4-5-13(8-12(10)3)9-14(20)19-15-11(2)6-7-18-16(15)17/h4-8H,9H2,1-3H3,(H,19,20). The van der Waals surface area contributed by atoms with Crippen LogP contribution < -0.4 is 5.32 Å². The van der Waals surface area contributed by atoms with Gasteiger partial charge in [0.2, 0.25) is 5.91 Å². The third-order valence-electron chi connectivity index (χ3n) is 3.31. The molecule has 0 fully saturated rings. The average Bonchev–Trinajstić information content (AvgIpc) is 2.38. The van der Waals surface area contributed by atoms with Gasteiger partial charge in [-0.3, -0.25) is 4.79 Å². The Bertz CT molecular complexity index is 633. The summed E-state index contributed by atoms with van der Waals surface area (Å²) >= 11 is 6.00. The van der Waals surface area contributed by atoms with Crippen LogP contribution in [0.15, 0.2) is 30.5 Å². The van der Waals surface area contributed by atoms with E-state index in [2.05, 4.69) is 17.2 Å². The van der Waals surface area contributed by atoms with Gasteiger partial charge in [0.25, 0.3) is 0 Å². The Labute approximate surface area is 124 Å². The summed E-state index contributed by atoms with van der Waals surface area (Å²) in [7, 11) is 0. The van der Waals surface area contributed by atoms with Crippen molar-refractivity contribution in [1.82, 2.24) is 4.98 Å². The second kappa shape index (κ2) is 6.06. The van der Waals surface area contributed by atoms with Crippen LogP contribution in [-0.4, -0.2) is 10.9 Å². The van der Waals surface area contributed by atoms with Crippen LogP contribution in [0.5, 0.6) is 0 Å². The van der Waals surface area contributed by atoms with Crippen LogP contribution in [-0.2, 0) is 11.2 Å². The number of nitrogens with one attached hydrogen (secondary N) is 1. The largest absolute Gasteiger partial charge is 0.323 e. The Morgan fingerprint density at radius 3 is 2.55 bits per heavy atom. The molecule has 2 aromatic rings. The minimum Gasteiger partial charge on any atom is -0.323 e. The molecule has 0 aliphatic heterocycles. The van der Waals surface area contributed by atoms with Gasteiger partial charge in [-0.15, -0.1) is 0 Å². The van der Waals surface area contributed by atoms with Crippen LogP contribution in [0.2, 0.25) is 5.15 Å². The van der Waals surface area contributed by atoms with Crippen molar-refractivity contribution in [3.63, 3.8) is 0 Å². The second-order valence-corrected chi connectivity index (χ2v) is 5.30. The molecule has 0 saturated carbocycles. The minimum atomic E-state index is -0.0914. The molecule has 1 aromatic carbocycles. The number of rotatable bonds is 3. The van der Waals surface area contributed by atoms with E-state index in [-0.39, 0.29) is 5.91 Å². The zero-order chi connectivity index (χ0) is 14.7. The van der Waals surface area contributed by atoms with E-state index in [9.17, 15) is 4.79 Å². The predicted molar refractivity (Wildman–Crippen MR) is 82.2 cm³/mol. The quantitative estimate of drug-likeness (QED) is 0.872. The highest BCUT2D eigenvalue weighted by atomic mass is 35.5. The fourth-order valence-corrected chi connectivity index (χ4v) is 2.21. The van der Waals surface area contributed by atoms with Gasteiger partial charge in [-0.2, -0.15) is 0 Å². The van der Waals surface area contributed by atoms with Crippen LogP contribution in [0.3, 0.4) is 0 Å². The smallest absolute Gasteiger partial charge is 0.228 e. The Hall–Kier alpha value is -1.87. The molecule has 0 radical (unpaired) electrons. The van der Waals surface area contributed by atoms with Crippen LogP contribution in [0.4, 0.5) is 5.69 Å². The van der Waals surface area contributed by atoms with Gasteiger partial charge in [0.15, 0.2) is 5.15 Å². The number of pyridine rings is 1. The van der Waals surface area contributed by atoms with Crippen molar-refractivity contribution in [2.75, 3.05) is 5.32 Å². The average molecular weight is 289 g/mol. The molecule has 3 nitrogen and oxygen atoms in total. The summed E-state index contributed by atoms with van der Waals surface area (Å²) in [6, 6.07) is 7.85. The summed E-state index contributed by atoms with van der Waals surface area (Å²) < 4.78 is 0. The van der Waals surface area contributed by atoms with Crippen molar-refractivity contribution < 1.29 is 4.79 Å². The lowest BCUT2D eigenvalue weighted by molar-refractivity contribution is -0.115. The fourth-order valence-electron chi connectivity index (χ4n) is 1.96. The molecule has 2 rings (SSSR count). The molecule has 0 saturated heterocycles. The van der Waals surface area contributed by atoms with E-state index in [1.165, 1.54) is 11.1 Å². The Balaban J connectivity index is 2.11. The van der Waals surface area contributed by atoms with Crippen LogP contribution in [0.25, 0.3) is 0 Å². The van der Waals surface area contributed by atoms with Crippen molar-refractivity contribution in [2.24, 2.45) is 0 Å².